The first-order valence-corrected chi connectivity index (χ1v) is 9.41. The van der Waals surface area contributed by atoms with Crippen LogP contribution in [0.2, 0.25) is 0 Å². The van der Waals surface area contributed by atoms with Crippen LogP contribution in [-0.4, -0.2) is 29.6 Å². The summed E-state index contributed by atoms with van der Waals surface area (Å²) in [5.74, 6) is -0.570. The van der Waals surface area contributed by atoms with Crippen molar-refractivity contribution in [2.45, 2.75) is 32.9 Å². The van der Waals surface area contributed by atoms with Crippen molar-refractivity contribution in [1.29, 1.82) is 0 Å². The second kappa shape index (κ2) is 9.17. The van der Waals surface area contributed by atoms with Crippen LogP contribution in [0.3, 0.4) is 0 Å². The van der Waals surface area contributed by atoms with Gasteiger partial charge in [-0.25, -0.2) is 4.79 Å². The Labute approximate surface area is 172 Å². The average molecular weight is 413 g/mol. The Morgan fingerprint density at radius 3 is 2.60 bits per heavy atom. The second-order valence-corrected chi connectivity index (χ2v) is 6.77. The SMILES string of the molecule is COc1cc(C(=O)NNC(=O)CCn2c(=O)oc3ccccc32)ccc1OC(C)C. The van der Waals surface area contributed by atoms with Crippen LogP contribution in [0.25, 0.3) is 11.1 Å². The fraction of sp³-hybridized carbons (Fsp3) is 0.286. The van der Waals surface area contributed by atoms with Crippen LogP contribution >= 0.6 is 0 Å². The molecule has 30 heavy (non-hydrogen) atoms. The van der Waals surface area contributed by atoms with Crippen LogP contribution in [0.15, 0.2) is 51.7 Å². The maximum absolute atomic E-state index is 12.3. The number of amides is 2. The van der Waals surface area contributed by atoms with Gasteiger partial charge < -0.3 is 13.9 Å². The van der Waals surface area contributed by atoms with E-state index in [-0.39, 0.29) is 19.1 Å². The Hall–Kier alpha value is -3.75. The van der Waals surface area contributed by atoms with Gasteiger partial charge in [0, 0.05) is 18.5 Å². The second-order valence-electron chi connectivity index (χ2n) is 6.77. The minimum Gasteiger partial charge on any atom is -0.493 e. The summed E-state index contributed by atoms with van der Waals surface area (Å²) >= 11 is 0. The smallest absolute Gasteiger partial charge is 0.419 e. The van der Waals surface area contributed by atoms with E-state index >= 15 is 0 Å². The molecule has 2 aromatic carbocycles. The van der Waals surface area contributed by atoms with E-state index in [9.17, 15) is 14.4 Å². The Morgan fingerprint density at radius 2 is 1.87 bits per heavy atom. The summed E-state index contributed by atoms with van der Waals surface area (Å²) in [6.45, 7) is 3.89. The van der Waals surface area contributed by atoms with Crippen molar-refractivity contribution in [3.63, 3.8) is 0 Å². The summed E-state index contributed by atoms with van der Waals surface area (Å²) in [6.07, 6.45) is -0.0634. The number of aryl methyl sites for hydroxylation is 1. The zero-order valence-electron chi connectivity index (χ0n) is 16.9. The van der Waals surface area contributed by atoms with Crippen molar-refractivity contribution in [3.05, 3.63) is 58.6 Å². The van der Waals surface area contributed by atoms with Crippen LogP contribution in [0.4, 0.5) is 0 Å². The van der Waals surface area contributed by atoms with Crippen LogP contribution in [0.1, 0.15) is 30.6 Å². The highest BCUT2D eigenvalue weighted by Gasteiger charge is 2.14. The average Bonchev–Trinajstić information content (AvgIpc) is 3.05. The fourth-order valence-electron chi connectivity index (χ4n) is 2.86. The Kier molecular flexibility index (Phi) is 6.41. The number of hydrogen-bond acceptors (Lipinski definition) is 6. The van der Waals surface area contributed by atoms with Crippen molar-refractivity contribution in [2.24, 2.45) is 0 Å². The topological polar surface area (TPSA) is 112 Å². The number of carbonyl (C=O) groups excluding carboxylic acids is 2. The molecule has 9 nitrogen and oxygen atoms in total. The van der Waals surface area contributed by atoms with E-state index in [4.69, 9.17) is 13.9 Å². The molecule has 1 aromatic heterocycles. The fourth-order valence-corrected chi connectivity index (χ4v) is 2.86. The van der Waals surface area contributed by atoms with Crippen molar-refractivity contribution >= 4 is 22.9 Å². The van der Waals surface area contributed by atoms with Gasteiger partial charge in [0.25, 0.3) is 5.91 Å². The van der Waals surface area contributed by atoms with E-state index in [0.717, 1.165) is 0 Å². The monoisotopic (exact) mass is 413 g/mol. The molecule has 158 valence electrons. The maximum atomic E-state index is 12.3. The summed E-state index contributed by atoms with van der Waals surface area (Å²) in [6, 6.07) is 11.7. The lowest BCUT2D eigenvalue weighted by molar-refractivity contribution is -0.122. The van der Waals surface area contributed by atoms with Gasteiger partial charge in [-0.2, -0.15) is 0 Å². The summed E-state index contributed by atoms with van der Waals surface area (Å²) in [5.41, 5.74) is 6.04. The highest BCUT2D eigenvalue weighted by molar-refractivity contribution is 5.96. The molecule has 0 spiro atoms. The zero-order valence-corrected chi connectivity index (χ0v) is 16.9. The van der Waals surface area contributed by atoms with Gasteiger partial charge >= 0.3 is 5.76 Å². The molecule has 0 aliphatic heterocycles. The molecule has 0 fully saturated rings. The van der Waals surface area contributed by atoms with Gasteiger partial charge in [0.2, 0.25) is 5.91 Å². The van der Waals surface area contributed by atoms with Crippen molar-refractivity contribution in [1.82, 2.24) is 15.4 Å². The lowest BCUT2D eigenvalue weighted by Crippen LogP contribution is -2.42. The number of nitrogens with zero attached hydrogens (tertiary/aromatic N) is 1. The number of nitrogens with one attached hydrogen (secondary N) is 2. The molecule has 2 amide bonds. The van der Waals surface area contributed by atoms with E-state index in [1.165, 1.54) is 17.7 Å². The molecule has 9 heteroatoms. The van der Waals surface area contributed by atoms with Gasteiger partial charge in [0.15, 0.2) is 17.1 Å². The number of benzene rings is 2. The van der Waals surface area contributed by atoms with Crippen LogP contribution in [0.5, 0.6) is 11.5 Å². The predicted molar refractivity (Wildman–Crippen MR) is 109 cm³/mol. The molecule has 0 aliphatic rings. The Bertz CT molecular complexity index is 1120. The highest BCUT2D eigenvalue weighted by atomic mass is 16.5. The third-order valence-electron chi connectivity index (χ3n) is 4.24. The third-order valence-corrected chi connectivity index (χ3v) is 4.24. The van der Waals surface area contributed by atoms with Crippen molar-refractivity contribution < 1.29 is 23.5 Å². The van der Waals surface area contributed by atoms with Crippen LogP contribution in [-0.2, 0) is 11.3 Å². The van der Waals surface area contributed by atoms with Gasteiger partial charge in [0.05, 0.1) is 18.7 Å². The summed E-state index contributed by atoms with van der Waals surface area (Å²) < 4.78 is 17.4. The van der Waals surface area contributed by atoms with E-state index in [0.29, 0.717) is 28.2 Å². The summed E-state index contributed by atoms with van der Waals surface area (Å²) in [7, 11) is 1.48. The lowest BCUT2D eigenvalue weighted by atomic mass is 10.2. The molecule has 1 heterocycles. The lowest BCUT2D eigenvalue weighted by Gasteiger charge is -2.14. The first-order chi connectivity index (χ1) is 14.4. The minimum atomic E-state index is -0.538. The maximum Gasteiger partial charge on any atom is 0.419 e. The molecule has 0 aliphatic carbocycles. The molecule has 0 unspecified atom stereocenters. The first-order valence-electron chi connectivity index (χ1n) is 9.41. The molecular formula is C21H23N3O6. The highest BCUT2D eigenvalue weighted by Crippen LogP contribution is 2.28. The molecule has 0 atom stereocenters. The first kappa shape index (κ1) is 21.0. The zero-order chi connectivity index (χ0) is 21.7. The van der Waals surface area contributed by atoms with Gasteiger partial charge in [-0.15, -0.1) is 0 Å². The minimum absolute atomic E-state index is 0.0196. The molecule has 0 saturated carbocycles. The number of methoxy groups -OCH3 is 1. The molecule has 3 aromatic rings. The van der Waals surface area contributed by atoms with E-state index < -0.39 is 17.6 Å². The van der Waals surface area contributed by atoms with Gasteiger partial charge in [-0.3, -0.25) is 25.0 Å². The largest absolute Gasteiger partial charge is 0.493 e. The van der Waals surface area contributed by atoms with E-state index in [1.807, 2.05) is 13.8 Å². The van der Waals surface area contributed by atoms with Crippen LogP contribution in [0, 0.1) is 0 Å². The Morgan fingerprint density at radius 1 is 1.10 bits per heavy atom. The number of carbonyl (C=O) groups is 2. The number of oxazole rings is 1. The quantitative estimate of drug-likeness (QED) is 0.575. The normalized spacial score (nSPS) is 10.8. The van der Waals surface area contributed by atoms with E-state index in [1.54, 1.807) is 36.4 Å². The van der Waals surface area contributed by atoms with Gasteiger partial charge in [-0.05, 0) is 44.2 Å². The Balaban J connectivity index is 1.57. The van der Waals surface area contributed by atoms with E-state index in [2.05, 4.69) is 10.9 Å². The van der Waals surface area contributed by atoms with Gasteiger partial charge in [-0.1, -0.05) is 12.1 Å². The number of hydrogen-bond donors (Lipinski definition) is 2. The van der Waals surface area contributed by atoms with Crippen molar-refractivity contribution in [3.8, 4) is 11.5 Å². The van der Waals surface area contributed by atoms with Crippen molar-refractivity contribution in [2.75, 3.05) is 7.11 Å². The van der Waals surface area contributed by atoms with Crippen LogP contribution < -0.4 is 26.1 Å². The molecule has 3 rings (SSSR count). The number of rotatable bonds is 7. The number of ether oxygens (including phenoxy) is 2. The van der Waals surface area contributed by atoms with Gasteiger partial charge in [0.1, 0.15) is 0 Å². The summed E-state index contributed by atoms with van der Waals surface area (Å²) in [5, 5.41) is 0. The predicted octanol–water partition coefficient (Wildman–Crippen LogP) is 2.24. The number of aromatic nitrogens is 1. The number of para-hydroxylation sites is 2. The standard InChI is InChI=1S/C21H23N3O6/c1-13(2)29-17-9-8-14(12-18(17)28-3)20(26)23-22-19(25)10-11-24-15-6-4-5-7-16(15)30-21(24)27/h4-9,12-13H,10-11H2,1-3H3,(H,22,25)(H,23,26). The molecule has 0 radical (unpaired) electrons. The molecule has 2 N–H and O–H groups in total. The molecule has 0 saturated heterocycles. The number of fused-ring (bicyclic) bond motifs is 1. The molecule has 0 bridgehead atoms. The molecular weight excluding hydrogens is 390 g/mol. The third kappa shape index (κ3) is 4.80. The number of hydrazine groups is 1. The summed E-state index contributed by atoms with van der Waals surface area (Å²) in [4.78, 5) is 36.4.